The maximum absolute atomic E-state index is 11.9. The molecular formula is C12H14N4O2. The molecule has 0 aliphatic carbocycles. The summed E-state index contributed by atoms with van der Waals surface area (Å²) >= 11 is 0. The van der Waals surface area contributed by atoms with Gasteiger partial charge in [-0.15, -0.1) is 0 Å². The Kier molecular flexibility index (Phi) is 3.57. The quantitative estimate of drug-likeness (QED) is 0.684. The maximum atomic E-state index is 11.9. The maximum Gasteiger partial charge on any atom is 0.253 e. The van der Waals surface area contributed by atoms with Crippen LogP contribution in [0.15, 0.2) is 24.5 Å². The summed E-state index contributed by atoms with van der Waals surface area (Å²) in [6.45, 7) is 2.25. The fourth-order valence-corrected chi connectivity index (χ4v) is 1.65. The molecule has 0 saturated heterocycles. The number of pyridine rings is 1. The number of aromatic nitrogens is 2. The number of nitrogens with zero attached hydrogens (tertiary/aromatic N) is 1. The van der Waals surface area contributed by atoms with Gasteiger partial charge in [-0.1, -0.05) is 0 Å². The third-order valence-corrected chi connectivity index (χ3v) is 2.48. The van der Waals surface area contributed by atoms with Gasteiger partial charge in [-0.2, -0.15) is 0 Å². The number of hydrogen-bond donors (Lipinski definition) is 3. The number of carbonyl (C=O) groups is 2. The Morgan fingerprint density at radius 3 is 2.89 bits per heavy atom. The van der Waals surface area contributed by atoms with Crippen LogP contribution in [0.5, 0.6) is 0 Å². The summed E-state index contributed by atoms with van der Waals surface area (Å²) in [6.07, 6.45) is 3.29. The summed E-state index contributed by atoms with van der Waals surface area (Å²) in [5.41, 5.74) is 1.24. The number of carbonyl (C=O) groups excluding carboxylic acids is 2. The monoisotopic (exact) mass is 246 g/mol. The molecule has 0 saturated carbocycles. The minimum Gasteiger partial charge on any atom is -0.355 e. The van der Waals surface area contributed by atoms with Crippen LogP contribution in [0.3, 0.4) is 0 Å². The van der Waals surface area contributed by atoms with Crippen LogP contribution in [0.2, 0.25) is 0 Å². The third kappa shape index (κ3) is 2.65. The SMILES string of the molecule is CC(=O)NCCNC(=O)c1c[nH]c2ncccc12. The van der Waals surface area contributed by atoms with Crippen LogP contribution >= 0.6 is 0 Å². The van der Waals surface area contributed by atoms with E-state index in [0.29, 0.717) is 24.3 Å². The van der Waals surface area contributed by atoms with Crippen molar-refractivity contribution in [2.45, 2.75) is 6.92 Å². The van der Waals surface area contributed by atoms with E-state index in [1.165, 1.54) is 6.92 Å². The average Bonchev–Trinajstić information content (AvgIpc) is 2.78. The van der Waals surface area contributed by atoms with Gasteiger partial charge in [0.15, 0.2) is 0 Å². The lowest BCUT2D eigenvalue weighted by Gasteiger charge is -2.04. The molecule has 0 atom stereocenters. The van der Waals surface area contributed by atoms with Crippen molar-refractivity contribution in [3.8, 4) is 0 Å². The van der Waals surface area contributed by atoms with E-state index in [4.69, 9.17) is 0 Å². The second-order valence-corrected chi connectivity index (χ2v) is 3.84. The highest BCUT2D eigenvalue weighted by atomic mass is 16.2. The molecule has 0 aromatic carbocycles. The Hall–Kier alpha value is -2.37. The second kappa shape index (κ2) is 5.31. The first kappa shape index (κ1) is 12.1. The van der Waals surface area contributed by atoms with Gasteiger partial charge in [0.1, 0.15) is 5.65 Å². The summed E-state index contributed by atoms with van der Waals surface area (Å²) in [7, 11) is 0. The first-order valence-electron chi connectivity index (χ1n) is 5.63. The van der Waals surface area contributed by atoms with Crippen LogP contribution < -0.4 is 10.6 Å². The van der Waals surface area contributed by atoms with Crippen molar-refractivity contribution in [3.05, 3.63) is 30.1 Å². The minimum atomic E-state index is -0.181. The van der Waals surface area contributed by atoms with Crippen molar-refractivity contribution in [2.75, 3.05) is 13.1 Å². The number of amides is 2. The molecule has 0 radical (unpaired) electrons. The Balaban J connectivity index is 1.99. The van der Waals surface area contributed by atoms with Crippen molar-refractivity contribution in [1.29, 1.82) is 0 Å². The molecule has 0 aliphatic rings. The van der Waals surface area contributed by atoms with Crippen LogP contribution in [-0.2, 0) is 4.79 Å². The summed E-state index contributed by atoms with van der Waals surface area (Å²) in [6, 6.07) is 3.62. The predicted octanol–water partition coefficient (Wildman–Crippen LogP) is 0.429. The van der Waals surface area contributed by atoms with Gasteiger partial charge in [0, 0.05) is 37.8 Å². The summed E-state index contributed by atoms with van der Waals surface area (Å²) in [5.74, 6) is -0.292. The molecule has 0 bridgehead atoms. The van der Waals surface area contributed by atoms with Crippen LogP contribution in [0, 0.1) is 0 Å². The van der Waals surface area contributed by atoms with Crippen molar-refractivity contribution in [1.82, 2.24) is 20.6 Å². The molecular weight excluding hydrogens is 232 g/mol. The minimum absolute atomic E-state index is 0.111. The zero-order valence-corrected chi connectivity index (χ0v) is 9.99. The molecule has 0 fully saturated rings. The number of rotatable bonds is 4. The van der Waals surface area contributed by atoms with Gasteiger partial charge in [-0.3, -0.25) is 9.59 Å². The van der Waals surface area contributed by atoms with Gasteiger partial charge >= 0.3 is 0 Å². The largest absolute Gasteiger partial charge is 0.355 e. The van der Waals surface area contributed by atoms with Gasteiger partial charge in [-0.25, -0.2) is 4.98 Å². The van der Waals surface area contributed by atoms with Crippen LogP contribution in [0.1, 0.15) is 17.3 Å². The standard InChI is InChI=1S/C12H14N4O2/c1-8(17)13-5-6-15-12(18)10-7-16-11-9(10)3-2-4-14-11/h2-4,7H,5-6H2,1H3,(H,13,17)(H,14,16)(H,15,18). The smallest absolute Gasteiger partial charge is 0.253 e. The Morgan fingerprint density at radius 1 is 1.33 bits per heavy atom. The van der Waals surface area contributed by atoms with E-state index >= 15 is 0 Å². The molecule has 2 rings (SSSR count). The van der Waals surface area contributed by atoms with E-state index in [1.54, 1.807) is 18.5 Å². The predicted molar refractivity (Wildman–Crippen MR) is 67.1 cm³/mol. The second-order valence-electron chi connectivity index (χ2n) is 3.84. The number of fused-ring (bicyclic) bond motifs is 1. The normalized spacial score (nSPS) is 10.3. The molecule has 0 aliphatic heterocycles. The topological polar surface area (TPSA) is 86.9 Å². The van der Waals surface area contributed by atoms with E-state index < -0.39 is 0 Å². The van der Waals surface area contributed by atoms with Crippen LogP contribution in [0.25, 0.3) is 11.0 Å². The molecule has 94 valence electrons. The summed E-state index contributed by atoms with van der Waals surface area (Å²) in [4.78, 5) is 29.6. The van der Waals surface area contributed by atoms with E-state index in [2.05, 4.69) is 20.6 Å². The molecule has 2 aromatic heterocycles. The molecule has 18 heavy (non-hydrogen) atoms. The fourth-order valence-electron chi connectivity index (χ4n) is 1.65. The van der Waals surface area contributed by atoms with Gasteiger partial charge in [0.25, 0.3) is 5.91 Å². The lowest BCUT2D eigenvalue weighted by Crippen LogP contribution is -2.33. The lowest BCUT2D eigenvalue weighted by atomic mass is 10.2. The molecule has 6 heteroatoms. The highest BCUT2D eigenvalue weighted by molar-refractivity contribution is 6.05. The van der Waals surface area contributed by atoms with Crippen LogP contribution in [-0.4, -0.2) is 34.9 Å². The van der Waals surface area contributed by atoms with Gasteiger partial charge in [0.2, 0.25) is 5.91 Å². The van der Waals surface area contributed by atoms with Crippen molar-refractivity contribution < 1.29 is 9.59 Å². The Bertz CT molecular complexity index is 576. The van der Waals surface area contributed by atoms with Gasteiger partial charge in [-0.05, 0) is 12.1 Å². The average molecular weight is 246 g/mol. The first-order valence-corrected chi connectivity index (χ1v) is 5.63. The van der Waals surface area contributed by atoms with E-state index in [1.807, 2.05) is 6.07 Å². The zero-order valence-electron chi connectivity index (χ0n) is 9.99. The molecule has 3 N–H and O–H groups in total. The van der Waals surface area contributed by atoms with Crippen molar-refractivity contribution in [2.24, 2.45) is 0 Å². The summed E-state index contributed by atoms with van der Waals surface area (Å²) in [5, 5.41) is 6.13. The highest BCUT2D eigenvalue weighted by Gasteiger charge is 2.11. The molecule has 2 aromatic rings. The van der Waals surface area contributed by atoms with E-state index in [-0.39, 0.29) is 11.8 Å². The molecule has 2 heterocycles. The summed E-state index contributed by atoms with van der Waals surface area (Å²) < 4.78 is 0. The van der Waals surface area contributed by atoms with Gasteiger partial charge < -0.3 is 15.6 Å². The molecule has 2 amide bonds. The first-order chi connectivity index (χ1) is 8.68. The highest BCUT2D eigenvalue weighted by Crippen LogP contribution is 2.14. The van der Waals surface area contributed by atoms with Crippen molar-refractivity contribution >= 4 is 22.8 Å². The van der Waals surface area contributed by atoms with E-state index in [9.17, 15) is 9.59 Å². The van der Waals surface area contributed by atoms with Crippen molar-refractivity contribution in [3.63, 3.8) is 0 Å². The third-order valence-electron chi connectivity index (χ3n) is 2.48. The molecule has 6 nitrogen and oxygen atoms in total. The Morgan fingerprint density at radius 2 is 2.11 bits per heavy atom. The fraction of sp³-hybridized carbons (Fsp3) is 0.250. The number of hydrogen-bond acceptors (Lipinski definition) is 3. The number of H-pyrrole nitrogens is 1. The molecule has 0 spiro atoms. The van der Waals surface area contributed by atoms with E-state index in [0.717, 1.165) is 5.39 Å². The molecule has 0 unspecified atom stereocenters. The van der Waals surface area contributed by atoms with Gasteiger partial charge in [0.05, 0.1) is 5.56 Å². The number of aromatic amines is 1. The lowest BCUT2D eigenvalue weighted by molar-refractivity contribution is -0.118. The Labute approximate surface area is 104 Å². The zero-order chi connectivity index (χ0) is 13.0. The number of nitrogens with one attached hydrogen (secondary N) is 3. The van der Waals surface area contributed by atoms with Crippen LogP contribution in [0.4, 0.5) is 0 Å².